The molecule has 43 heavy (non-hydrogen) atoms. The Balaban J connectivity index is 1.38. The zero-order chi connectivity index (χ0) is 30.8. The van der Waals surface area contributed by atoms with Gasteiger partial charge >= 0.3 is 0 Å². The lowest BCUT2D eigenvalue weighted by Crippen LogP contribution is -2.27. The Labute approximate surface area is 271 Å². The van der Waals surface area contributed by atoms with Gasteiger partial charge in [0, 0.05) is 14.4 Å². The molecule has 0 spiro atoms. The van der Waals surface area contributed by atoms with Gasteiger partial charge < -0.3 is 0 Å². The van der Waals surface area contributed by atoms with Crippen LogP contribution in [0.5, 0.6) is 0 Å². The zero-order valence-corrected chi connectivity index (χ0v) is 28.7. The lowest BCUT2D eigenvalue weighted by atomic mass is 9.71. The molecule has 0 aliphatic heterocycles. The van der Waals surface area contributed by atoms with Crippen molar-refractivity contribution in [2.75, 3.05) is 13.2 Å². The van der Waals surface area contributed by atoms with Crippen molar-refractivity contribution in [1.29, 1.82) is 0 Å². The molecule has 0 amide bonds. The second-order valence-electron chi connectivity index (χ2n) is 10.8. The molecule has 0 heterocycles. The summed E-state index contributed by atoms with van der Waals surface area (Å²) in [4.78, 5) is 0.258. The van der Waals surface area contributed by atoms with Crippen LogP contribution in [0.4, 0.5) is 0 Å². The Morgan fingerprint density at radius 2 is 0.953 bits per heavy atom. The molecule has 0 aromatic heterocycles. The van der Waals surface area contributed by atoms with Crippen molar-refractivity contribution in [3.63, 3.8) is 0 Å². The standard InChI is InChI=1S/C33H32Br2O6S2/c1-23-5-11-27(12-6-23)42(36,37)40-19-3-17-33(18-4-20-41-43(38,39)28-13-7-24(2)8-14-28)31-21-25(34)9-15-29(31)30-16-10-26(35)22-32(30)33/h5-16,21-22H,3-4,17-20H2,1-2H3. The third-order valence-electron chi connectivity index (χ3n) is 7.88. The summed E-state index contributed by atoms with van der Waals surface area (Å²) in [6.45, 7) is 3.83. The van der Waals surface area contributed by atoms with Gasteiger partial charge in [0.05, 0.1) is 23.0 Å². The molecule has 0 atom stereocenters. The summed E-state index contributed by atoms with van der Waals surface area (Å²) >= 11 is 7.27. The van der Waals surface area contributed by atoms with Gasteiger partial charge in [-0.05, 0) is 110 Å². The van der Waals surface area contributed by atoms with E-state index in [0.717, 1.165) is 42.3 Å². The SMILES string of the molecule is Cc1ccc(S(=O)(=O)OCCCC2(CCCOS(=O)(=O)c3ccc(C)cc3)c3cc(Br)ccc3-c3ccc(Br)cc32)cc1. The van der Waals surface area contributed by atoms with Gasteiger partial charge in [-0.1, -0.05) is 79.4 Å². The maximum atomic E-state index is 12.8. The van der Waals surface area contributed by atoms with Crippen LogP contribution in [0, 0.1) is 13.8 Å². The average Bonchev–Trinajstić information content (AvgIpc) is 3.22. The van der Waals surface area contributed by atoms with E-state index in [4.69, 9.17) is 8.37 Å². The Hall–Kier alpha value is -2.34. The fraction of sp³-hybridized carbons (Fsp3) is 0.273. The van der Waals surface area contributed by atoms with E-state index in [1.807, 2.05) is 26.0 Å². The van der Waals surface area contributed by atoms with E-state index in [-0.39, 0.29) is 23.0 Å². The minimum Gasteiger partial charge on any atom is -0.266 e. The molecule has 6 nitrogen and oxygen atoms in total. The summed E-state index contributed by atoms with van der Waals surface area (Å²) < 4.78 is 64.1. The van der Waals surface area contributed by atoms with Crippen LogP contribution in [0.2, 0.25) is 0 Å². The first-order valence-electron chi connectivity index (χ1n) is 13.9. The second kappa shape index (κ2) is 12.9. The molecule has 1 aliphatic rings. The highest BCUT2D eigenvalue weighted by atomic mass is 79.9. The highest BCUT2D eigenvalue weighted by Gasteiger charge is 2.42. The van der Waals surface area contributed by atoms with E-state index in [9.17, 15) is 16.8 Å². The lowest BCUT2D eigenvalue weighted by molar-refractivity contribution is 0.270. The molecule has 0 fully saturated rings. The van der Waals surface area contributed by atoms with Gasteiger partial charge in [-0.2, -0.15) is 16.8 Å². The maximum Gasteiger partial charge on any atom is 0.296 e. The smallest absolute Gasteiger partial charge is 0.266 e. The highest BCUT2D eigenvalue weighted by molar-refractivity contribution is 9.10. The van der Waals surface area contributed by atoms with Gasteiger partial charge in [-0.3, -0.25) is 8.37 Å². The van der Waals surface area contributed by atoms with Crippen LogP contribution in [0.1, 0.15) is 47.9 Å². The van der Waals surface area contributed by atoms with Crippen molar-refractivity contribution in [2.45, 2.75) is 54.7 Å². The van der Waals surface area contributed by atoms with Crippen LogP contribution in [-0.2, 0) is 34.0 Å². The van der Waals surface area contributed by atoms with Gasteiger partial charge in [0.25, 0.3) is 20.2 Å². The fourth-order valence-corrected chi connectivity index (χ4v) is 8.34. The van der Waals surface area contributed by atoms with E-state index < -0.39 is 25.7 Å². The van der Waals surface area contributed by atoms with Crippen LogP contribution in [0.25, 0.3) is 11.1 Å². The Kier molecular flexibility index (Phi) is 9.66. The molecule has 0 saturated carbocycles. The molecular formula is C33H32Br2O6S2. The van der Waals surface area contributed by atoms with Crippen molar-refractivity contribution in [3.8, 4) is 11.1 Å². The Morgan fingerprint density at radius 3 is 1.33 bits per heavy atom. The van der Waals surface area contributed by atoms with Crippen LogP contribution >= 0.6 is 31.9 Å². The first-order chi connectivity index (χ1) is 20.4. The van der Waals surface area contributed by atoms with Crippen molar-refractivity contribution in [2.24, 2.45) is 0 Å². The summed E-state index contributed by atoms with van der Waals surface area (Å²) in [6.07, 6.45) is 2.11. The fourth-order valence-electron chi connectivity index (χ4n) is 5.73. The third-order valence-corrected chi connectivity index (χ3v) is 11.5. The summed E-state index contributed by atoms with van der Waals surface area (Å²) in [5.41, 5.74) is 5.85. The largest absolute Gasteiger partial charge is 0.296 e. The van der Waals surface area contributed by atoms with Crippen molar-refractivity contribution >= 4 is 52.1 Å². The highest BCUT2D eigenvalue weighted by Crippen LogP contribution is 2.55. The van der Waals surface area contributed by atoms with Gasteiger partial charge in [0.15, 0.2) is 0 Å². The zero-order valence-electron chi connectivity index (χ0n) is 23.8. The molecule has 0 radical (unpaired) electrons. The minimum absolute atomic E-state index is 0.0168. The molecule has 10 heteroatoms. The number of benzene rings is 4. The molecular weight excluding hydrogens is 716 g/mol. The first-order valence-corrected chi connectivity index (χ1v) is 18.3. The molecule has 5 rings (SSSR count). The van der Waals surface area contributed by atoms with Gasteiger partial charge in [-0.25, -0.2) is 0 Å². The molecule has 4 aromatic rings. The Morgan fingerprint density at radius 1 is 0.581 bits per heavy atom. The minimum atomic E-state index is -3.90. The van der Waals surface area contributed by atoms with E-state index in [2.05, 4.69) is 56.1 Å². The summed E-state index contributed by atoms with van der Waals surface area (Å²) in [5.74, 6) is 0. The van der Waals surface area contributed by atoms with Crippen LogP contribution in [0.3, 0.4) is 0 Å². The van der Waals surface area contributed by atoms with Gasteiger partial charge in [0.1, 0.15) is 0 Å². The lowest BCUT2D eigenvalue weighted by Gasteiger charge is -2.33. The second-order valence-corrected chi connectivity index (χ2v) is 15.9. The number of rotatable bonds is 12. The molecule has 0 saturated heterocycles. The topological polar surface area (TPSA) is 86.7 Å². The molecule has 0 unspecified atom stereocenters. The number of aryl methyl sites for hydroxylation is 2. The number of hydrogen-bond donors (Lipinski definition) is 0. The van der Waals surface area contributed by atoms with Crippen LogP contribution < -0.4 is 0 Å². The summed E-state index contributed by atoms with van der Waals surface area (Å²) in [7, 11) is -7.79. The molecule has 0 bridgehead atoms. The van der Waals surface area contributed by atoms with E-state index in [1.165, 1.54) is 0 Å². The maximum absolute atomic E-state index is 12.8. The quantitative estimate of drug-likeness (QED) is 0.107. The van der Waals surface area contributed by atoms with Gasteiger partial charge in [-0.15, -0.1) is 0 Å². The van der Waals surface area contributed by atoms with Crippen molar-refractivity contribution in [1.82, 2.24) is 0 Å². The summed E-state index contributed by atoms with van der Waals surface area (Å²) in [5, 5.41) is 0. The van der Waals surface area contributed by atoms with Crippen molar-refractivity contribution < 1.29 is 25.2 Å². The first kappa shape index (κ1) is 32.1. The molecule has 1 aliphatic carbocycles. The average molecular weight is 749 g/mol. The van der Waals surface area contributed by atoms with E-state index in [1.54, 1.807) is 48.5 Å². The van der Waals surface area contributed by atoms with E-state index >= 15 is 0 Å². The van der Waals surface area contributed by atoms with Crippen LogP contribution in [-0.4, -0.2) is 30.0 Å². The number of fused-ring (bicyclic) bond motifs is 3. The monoisotopic (exact) mass is 746 g/mol. The van der Waals surface area contributed by atoms with E-state index in [0.29, 0.717) is 25.7 Å². The van der Waals surface area contributed by atoms with Gasteiger partial charge in [0.2, 0.25) is 0 Å². The number of halogens is 2. The third kappa shape index (κ3) is 7.00. The predicted octanol–water partition coefficient (Wildman–Crippen LogP) is 8.47. The molecule has 226 valence electrons. The van der Waals surface area contributed by atoms with Crippen molar-refractivity contribution in [3.05, 3.63) is 116 Å². The summed E-state index contributed by atoms with van der Waals surface area (Å²) in [6, 6.07) is 25.6. The predicted molar refractivity (Wildman–Crippen MR) is 175 cm³/mol. The Bertz CT molecular complexity index is 1700. The normalized spacial score (nSPS) is 14.0. The van der Waals surface area contributed by atoms with Crippen LogP contribution in [0.15, 0.2) is 104 Å². The number of hydrogen-bond acceptors (Lipinski definition) is 6. The molecule has 4 aromatic carbocycles. The molecule has 0 N–H and O–H groups in total.